The van der Waals surface area contributed by atoms with Crippen molar-refractivity contribution in [1.82, 2.24) is 4.90 Å². The Morgan fingerprint density at radius 3 is 3.00 bits per heavy atom. The first kappa shape index (κ1) is 9.96. The third-order valence-electron chi connectivity index (χ3n) is 2.63. The normalized spacial score (nSPS) is 28.8. The molecule has 2 unspecified atom stereocenters. The molecule has 0 aliphatic carbocycles. The van der Waals surface area contributed by atoms with E-state index in [0.29, 0.717) is 6.10 Å². The first-order chi connectivity index (χ1) is 5.77. The highest BCUT2D eigenvalue weighted by molar-refractivity contribution is 4.76. The Labute approximate surface area is 74.3 Å². The van der Waals surface area contributed by atoms with Crippen molar-refractivity contribution < 1.29 is 9.84 Å². The molecule has 0 aromatic heterocycles. The topological polar surface area (TPSA) is 32.7 Å². The molecule has 1 saturated heterocycles. The van der Waals surface area contributed by atoms with Crippen LogP contribution in [-0.2, 0) is 4.74 Å². The molecule has 0 saturated carbocycles. The van der Waals surface area contributed by atoms with Gasteiger partial charge in [0, 0.05) is 19.7 Å². The molecular formula is C9H19NO2. The third-order valence-corrected chi connectivity index (χ3v) is 2.63. The summed E-state index contributed by atoms with van der Waals surface area (Å²) in [6, 6.07) is 0.281. The maximum absolute atomic E-state index is 8.96. The monoisotopic (exact) mass is 173 g/mol. The van der Waals surface area contributed by atoms with Crippen molar-refractivity contribution in [2.45, 2.75) is 31.9 Å². The molecule has 72 valence electrons. The van der Waals surface area contributed by atoms with Crippen LogP contribution in [-0.4, -0.2) is 49.0 Å². The van der Waals surface area contributed by atoms with Crippen LogP contribution in [0.1, 0.15) is 19.8 Å². The standard InChI is InChI=1S/C9H19NO2/c1-8(7-11)10-5-3-4-9(6-10)12-2/h8-9,11H,3-7H2,1-2H3. The smallest absolute Gasteiger partial charge is 0.0698 e. The van der Waals surface area contributed by atoms with Crippen LogP contribution in [0.15, 0.2) is 0 Å². The lowest BCUT2D eigenvalue weighted by molar-refractivity contribution is 0.00725. The van der Waals surface area contributed by atoms with Gasteiger partial charge in [-0.05, 0) is 26.3 Å². The Hall–Kier alpha value is -0.120. The largest absolute Gasteiger partial charge is 0.395 e. The summed E-state index contributed by atoms with van der Waals surface area (Å²) in [5, 5.41) is 8.96. The minimum atomic E-state index is 0.246. The molecule has 1 fully saturated rings. The molecule has 12 heavy (non-hydrogen) atoms. The van der Waals surface area contributed by atoms with Crippen LogP contribution in [0.3, 0.4) is 0 Å². The van der Waals surface area contributed by atoms with E-state index < -0.39 is 0 Å². The molecule has 0 aromatic rings. The average molecular weight is 173 g/mol. The zero-order chi connectivity index (χ0) is 8.97. The fourth-order valence-corrected chi connectivity index (χ4v) is 1.67. The summed E-state index contributed by atoms with van der Waals surface area (Å²) in [4.78, 5) is 2.29. The molecule has 0 aromatic carbocycles. The Morgan fingerprint density at radius 2 is 2.42 bits per heavy atom. The van der Waals surface area contributed by atoms with Gasteiger partial charge in [0.25, 0.3) is 0 Å². The van der Waals surface area contributed by atoms with Crippen molar-refractivity contribution in [1.29, 1.82) is 0 Å². The Balaban J connectivity index is 2.34. The van der Waals surface area contributed by atoms with Gasteiger partial charge in [0.1, 0.15) is 0 Å². The van der Waals surface area contributed by atoms with Crippen LogP contribution in [0.4, 0.5) is 0 Å². The summed E-state index contributed by atoms with van der Waals surface area (Å²) in [5.41, 5.74) is 0. The molecular weight excluding hydrogens is 154 g/mol. The van der Waals surface area contributed by atoms with Crippen molar-refractivity contribution in [2.75, 3.05) is 26.8 Å². The van der Waals surface area contributed by atoms with E-state index in [4.69, 9.17) is 9.84 Å². The van der Waals surface area contributed by atoms with E-state index in [9.17, 15) is 0 Å². The number of likely N-dealkylation sites (tertiary alicyclic amines) is 1. The number of hydrogen-bond acceptors (Lipinski definition) is 3. The molecule has 0 radical (unpaired) electrons. The van der Waals surface area contributed by atoms with Gasteiger partial charge < -0.3 is 9.84 Å². The molecule has 0 spiro atoms. The van der Waals surface area contributed by atoms with Gasteiger partial charge in [0.2, 0.25) is 0 Å². The molecule has 1 N–H and O–H groups in total. The minimum Gasteiger partial charge on any atom is -0.395 e. The van der Waals surface area contributed by atoms with Crippen molar-refractivity contribution in [3.8, 4) is 0 Å². The van der Waals surface area contributed by atoms with Gasteiger partial charge in [0.15, 0.2) is 0 Å². The maximum atomic E-state index is 8.96. The molecule has 1 aliphatic heterocycles. The van der Waals surface area contributed by atoms with Crippen LogP contribution in [0.2, 0.25) is 0 Å². The molecule has 1 heterocycles. The van der Waals surface area contributed by atoms with Crippen molar-refractivity contribution in [3.63, 3.8) is 0 Å². The van der Waals surface area contributed by atoms with E-state index in [2.05, 4.69) is 11.8 Å². The van der Waals surface area contributed by atoms with E-state index >= 15 is 0 Å². The maximum Gasteiger partial charge on any atom is 0.0698 e. The highest BCUT2D eigenvalue weighted by Crippen LogP contribution is 2.14. The van der Waals surface area contributed by atoms with Gasteiger partial charge in [-0.3, -0.25) is 4.90 Å². The predicted octanol–water partition coefficient (Wildman–Crippen LogP) is 0.478. The van der Waals surface area contributed by atoms with Crippen molar-refractivity contribution in [3.05, 3.63) is 0 Å². The fourth-order valence-electron chi connectivity index (χ4n) is 1.67. The second-order valence-electron chi connectivity index (χ2n) is 3.53. The van der Waals surface area contributed by atoms with Crippen LogP contribution >= 0.6 is 0 Å². The lowest BCUT2D eigenvalue weighted by atomic mass is 10.1. The Kier molecular flexibility index (Phi) is 3.98. The number of aliphatic hydroxyl groups is 1. The van der Waals surface area contributed by atoms with Gasteiger partial charge in [0.05, 0.1) is 12.7 Å². The highest BCUT2D eigenvalue weighted by Gasteiger charge is 2.22. The van der Waals surface area contributed by atoms with Gasteiger partial charge in [-0.15, -0.1) is 0 Å². The molecule has 0 bridgehead atoms. The molecule has 2 atom stereocenters. The van der Waals surface area contributed by atoms with Gasteiger partial charge in [-0.25, -0.2) is 0 Å². The van der Waals surface area contributed by atoms with Crippen LogP contribution < -0.4 is 0 Å². The van der Waals surface area contributed by atoms with Gasteiger partial charge in [-0.1, -0.05) is 0 Å². The lowest BCUT2D eigenvalue weighted by Crippen LogP contribution is -2.45. The second kappa shape index (κ2) is 4.80. The number of ether oxygens (including phenoxy) is 1. The van der Waals surface area contributed by atoms with Crippen molar-refractivity contribution >= 4 is 0 Å². The second-order valence-corrected chi connectivity index (χ2v) is 3.53. The van der Waals surface area contributed by atoms with E-state index in [1.807, 2.05) is 0 Å². The van der Waals surface area contributed by atoms with Gasteiger partial charge in [-0.2, -0.15) is 0 Å². The molecule has 1 rings (SSSR count). The summed E-state index contributed by atoms with van der Waals surface area (Å²) in [6.07, 6.45) is 2.71. The SMILES string of the molecule is COC1CCCN(C(C)CO)C1. The Morgan fingerprint density at radius 1 is 1.67 bits per heavy atom. The van der Waals surface area contributed by atoms with E-state index in [-0.39, 0.29) is 12.6 Å². The summed E-state index contributed by atoms with van der Waals surface area (Å²) in [5.74, 6) is 0. The third kappa shape index (κ3) is 2.44. The molecule has 1 aliphatic rings. The average Bonchev–Trinajstić information content (AvgIpc) is 2.17. The Bertz CT molecular complexity index is 128. The first-order valence-electron chi connectivity index (χ1n) is 4.65. The van der Waals surface area contributed by atoms with Crippen LogP contribution in [0, 0.1) is 0 Å². The van der Waals surface area contributed by atoms with E-state index in [1.165, 1.54) is 6.42 Å². The fraction of sp³-hybridized carbons (Fsp3) is 1.00. The number of piperidine rings is 1. The zero-order valence-electron chi connectivity index (χ0n) is 7.99. The summed E-state index contributed by atoms with van der Waals surface area (Å²) in [7, 11) is 1.76. The predicted molar refractivity (Wildman–Crippen MR) is 48.2 cm³/mol. The number of nitrogens with zero attached hydrogens (tertiary/aromatic N) is 1. The quantitative estimate of drug-likeness (QED) is 0.673. The number of aliphatic hydroxyl groups excluding tert-OH is 1. The molecule has 3 heteroatoms. The highest BCUT2D eigenvalue weighted by atomic mass is 16.5. The van der Waals surface area contributed by atoms with Crippen molar-refractivity contribution in [2.24, 2.45) is 0 Å². The first-order valence-corrected chi connectivity index (χ1v) is 4.65. The summed E-state index contributed by atoms with van der Waals surface area (Å²) < 4.78 is 5.29. The number of methoxy groups -OCH3 is 1. The molecule has 3 nitrogen and oxygen atoms in total. The number of rotatable bonds is 3. The van der Waals surface area contributed by atoms with E-state index in [0.717, 1.165) is 19.5 Å². The molecule has 0 amide bonds. The van der Waals surface area contributed by atoms with Crippen LogP contribution in [0.25, 0.3) is 0 Å². The minimum absolute atomic E-state index is 0.246. The van der Waals surface area contributed by atoms with E-state index in [1.54, 1.807) is 7.11 Å². The van der Waals surface area contributed by atoms with Gasteiger partial charge >= 0.3 is 0 Å². The summed E-state index contributed by atoms with van der Waals surface area (Å²) >= 11 is 0. The number of hydrogen-bond donors (Lipinski definition) is 1. The zero-order valence-corrected chi connectivity index (χ0v) is 7.99. The van der Waals surface area contributed by atoms with Crippen LogP contribution in [0.5, 0.6) is 0 Å². The summed E-state index contributed by atoms with van der Waals surface area (Å²) in [6.45, 7) is 4.37. The lowest BCUT2D eigenvalue weighted by Gasteiger charge is -2.35.